The molecule has 4 aromatic rings. The van der Waals surface area contributed by atoms with Crippen molar-refractivity contribution in [2.45, 2.75) is 0 Å². The van der Waals surface area contributed by atoms with Crippen LogP contribution in [0.2, 0.25) is 0 Å². The number of fused-ring (bicyclic) bond motifs is 2. The summed E-state index contributed by atoms with van der Waals surface area (Å²) in [6, 6.07) is 20.1. The molecule has 0 radical (unpaired) electrons. The summed E-state index contributed by atoms with van der Waals surface area (Å²) in [5.74, 6) is 0.666. The lowest BCUT2D eigenvalue weighted by Crippen LogP contribution is -1.96. The van der Waals surface area contributed by atoms with Crippen molar-refractivity contribution in [3.8, 4) is 6.07 Å². The summed E-state index contributed by atoms with van der Waals surface area (Å²) in [5, 5.41) is 10.7. The molecule has 0 bridgehead atoms. The van der Waals surface area contributed by atoms with E-state index >= 15 is 0 Å². The average molecular weight is 310 g/mol. The van der Waals surface area contributed by atoms with Gasteiger partial charge in [0.15, 0.2) is 5.82 Å². The number of nitrogens with zero attached hydrogens (tertiary/aromatic N) is 4. The lowest BCUT2D eigenvalue weighted by Gasteiger charge is -2.02. The Balaban J connectivity index is 1.85. The van der Waals surface area contributed by atoms with Crippen molar-refractivity contribution in [3.63, 3.8) is 0 Å². The highest BCUT2D eigenvalue weighted by atomic mass is 15.1. The van der Waals surface area contributed by atoms with Crippen LogP contribution in [0.1, 0.15) is 11.4 Å². The van der Waals surface area contributed by atoms with Crippen LogP contribution in [0.5, 0.6) is 0 Å². The predicted octanol–water partition coefficient (Wildman–Crippen LogP) is 4.19. The second kappa shape index (κ2) is 5.64. The largest absolute Gasteiger partial charge is 0.327 e. The maximum atomic E-state index is 9.62. The van der Waals surface area contributed by atoms with Gasteiger partial charge in [-0.15, -0.1) is 0 Å². The Morgan fingerprint density at radius 2 is 1.96 bits per heavy atom. The SMILES string of the molecule is Cn1c(/C(C#N)=C/c2ccc3cccnc3c2)nc2ccccc21. The zero-order chi connectivity index (χ0) is 16.5. The van der Waals surface area contributed by atoms with Gasteiger partial charge in [-0.2, -0.15) is 5.26 Å². The van der Waals surface area contributed by atoms with Crippen molar-refractivity contribution in [2.24, 2.45) is 7.05 Å². The van der Waals surface area contributed by atoms with Gasteiger partial charge >= 0.3 is 0 Å². The first kappa shape index (κ1) is 14.2. The molecule has 4 heteroatoms. The van der Waals surface area contributed by atoms with Gasteiger partial charge in [0.1, 0.15) is 6.07 Å². The standard InChI is InChI=1S/C20H14N4/c1-24-19-7-3-2-6-17(19)23-20(24)16(13-21)11-14-8-9-15-5-4-10-22-18(15)12-14/h2-12H,1H3/b16-11+. The van der Waals surface area contributed by atoms with Gasteiger partial charge < -0.3 is 4.57 Å². The number of nitriles is 1. The number of benzene rings is 2. The van der Waals surface area contributed by atoms with Gasteiger partial charge in [-0.1, -0.05) is 30.3 Å². The molecule has 0 saturated heterocycles. The zero-order valence-electron chi connectivity index (χ0n) is 13.1. The van der Waals surface area contributed by atoms with E-state index in [1.807, 2.05) is 72.3 Å². The molecule has 2 heterocycles. The maximum absolute atomic E-state index is 9.62. The molecular weight excluding hydrogens is 296 g/mol. The summed E-state index contributed by atoms with van der Waals surface area (Å²) in [6.07, 6.45) is 3.63. The number of pyridine rings is 1. The molecule has 0 aliphatic heterocycles. The first-order chi connectivity index (χ1) is 11.8. The van der Waals surface area contributed by atoms with Crippen molar-refractivity contribution in [1.82, 2.24) is 14.5 Å². The summed E-state index contributed by atoms with van der Waals surface area (Å²) >= 11 is 0. The van der Waals surface area contributed by atoms with E-state index in [0.717, 1.165) is 27.5 Å². The molecule has 0 N–H and O–H groups in total. The summed E-state index contributed by atoms with van der Waals surface area (Å²) in [4.78, 5) is 8.97. The number of para-hydroxylation sites is 2. The number of hydrogen-bond donors (Lipinski definition) is 0. The monoisotopic (exact) mass is 310 g/mol. The number of aromatic nitrogens is 3. The van der Waals surface area contributed by atoms with E-state index in [9.17, 15) is 5.26 Å². The fraction of sp³-hybridized carbons (Fsp3) is 0.0500. The van der Waals surface area contributed by atoms with Gasteiger partial charge in [0.25, 0.3) is 0 Å². The van der Waals surface area contributed by atoms with Gasteiger partial charge in [-0.05, 0) is 35.9 Å². The Bertz CT molecular complexity index is 1130. The van der Waals surface area contributed by atoms with E-state index in [1.165, 1.54) is 0 Å². The highest BCUT2D eigenvalue weighted by Crippen LogP contribution is 2.23. The minimum Gasteiger partial charge on any atom is -0.327 e. The van der Waals surface area contributed by atoms with E-state index in [-0.39, 0.29) is 0 Å². The molecule has 24 heavy (non-hydrogen) atoms. The van der Waals surface area contributed by atoms with Gasteiger partial charge in [0.2, 0.25) is 0 Å². The molecule has 2 aromatic heterocycles. The minimum atomic E-state index is 0.531. The van der Waals surface area contributed by atoms with Crippen LogP contribution >= 0.6 is 0 Å². The molecule has 0 unspecified atom stereocenters. The van der Waals surface area contributed by atoms with Gasteiger partial charge in [-0.3, -0.25) is 4.98 Å². The lowest BCUT2D eigenvalue weighted by atomic mass is 10.1. The Morgan fingerprint density at radius 3 is 2.79 bits per heavy atom. The zero-order valence-corrected chi connectivity index (χ0v) is 13.1. The highest BCUT2D eigenvalue weighted by molar-refractivity contribution is 5.92. The summed E-state index contributed by atoms with van der Waals surface area (Å²) in [7, 11) is 1.93. The van der Waals surface area contributed by atoms with Crippen LogP contribution in [0.15, 0.2) is 60.8 Å². The van der Waals surface area contributed by atoms with Crippen LogP contribution in [0, 0.1) is 11.3 Å². The third kappa shape index (κ3) is 2.33. The molecule has 114 valence electrons. The number of hydrogen-bond acceptors (Lipinski definition) is 3. The second-order valence-corrected chi connectivity index (χ2v) is 5.61. The van der Waals surface area contributed by atoms with Gasteiger partial charge in [0.05, 0.1) is 22.1 Å². The average Bonchev–Trinajstić information content (AvgIpc) is 2.96. The Morgan fingerprint density at radius 1 is 1.08 bits per heavy atom. The van der Waals surface area contributed by atoms with E-state index < -0.39 is 0 Å². The van der Waals surface area contributed by atoms with Crippen molar-refractivity contribution >= 4 is 33.6 Å². The third-order valence-electron chi connectivity index (χ3n) is 4.09. The van der Waals surface area contributed by atoms with E-state index in [1.54, 1.807) is 6.20 Å². The molecule has 0 atom stereocenters. The van der Waals surface area contributed by atoms with Gasteiger partial charge in [-0.25, -0.2) is 4.98 Å². The second-order valence-electron chi connectivity index (χ2n) is 5.61. The van der Waals surface area contributed by atoms with Crippen molar-refractivity contribution in [1.29, 1.82) is 5.26 Å². The van der Waals surface area contributed by atoms with Crippen LogP contribution in [-0.2, 0) is 7.05 Å². The Hall–Kier alpha value is -3.45. The van der Waals surface area contributed by atoms with Crippen molar-refractivity contribution < 1.29 is 0 Å². The topological polar surface area (TPSA) is 54.5 Å². The predicted molar refractivity (Wildman–Crippen MR) is 95.9 cm³/mol. The first-order valence-electron chi connectivity index (χ1n) is 7.65. The summed E-state index contributed by atoms with van der Waals surface area (Å²) in [5.41, 5.74) is 4.27. The number of allylic oxidation sites excluding steroid dienone is 1. The van der Waals surface area contributed by atoms with Crippen LogP contribution in [0.3, 0.4) is 0 Å². The minimum absolute atomic E-state index is 0.531. The highest BCUT2D eigenvalue weighted by Gasteiger charge is 2.11. The first-order valence-corrected chi connectivity index (χ1v) is 7.65. The lowest BCUT2D eigenvalue weighted by molar-refractivity contribution is 0.925. The van der Waals surface area contributed by atoms with Crippen LogP contribution < -0.4 is 0 Å². The summed E-state index contributed by atoms with van der Waals surface area (Å²) < 4.78 is 1.95. The van der Waals surface area contributed by atoms with E-state index in [2.05, 4.69) is 16.0 Å². The Labute approximate surface area is 139 Å². The van der Waals surface area contributed by atoms with Crippen LogP contribution in [0.4, 0.5) is 0 Å². The van der Waals surface area contributed by atoms with E-state index in [0.29, 0.717) is 11.4 Å². The molecule has 0 fully saturated rings. The fourth-order valence-electron chi connectivity index (χ4n) is 2.87. The smallest absolute Gasteiger partial charge is 0.151 e. The third-order valence-corrected chi connectivity index (χ3v) is 4.09. The molecule has 0 amide bonds. The normalized spacial score (nSPS) is 11.8. The molecular formula is C20H14N4. The molecule has 0 spiro atoms. The molecule has 2 aromatic carbocycles. The van der Waals surface area contributed by atoms with Gasteiger partial charge in [0, 0.05) is 18.6 Å². The number of rotatable bonds is 2. The molecule has 4 nitrogen and oxygen atoms in total. The molecule has 0 aliphatic carbocycles. The van der Waals surface area contributed by atoms with Crippen LogP contribution in [-0.4, -0.2) is 14.5 Å². The quantitative estimate of drug-likeness (QED) is 0.522. The van der Waals surface area contributed by atoms with Crippen molar-refractivity contribution in [2.75, 3.05) is 0 Å². The van der Waals surface area contributed by atoms with Crippen LogP contribution in [0.25, 0.3) is 33.6 Å². The fourth-order valence-corrected chi connectivity index (χ4v) is 2.87. The Kier molecular flexibility index (Phi) is 3.33. The number of aryl methyl sites for hydroxylation is 1. The maximum Gasteiger partial charge on any atom is 0.151 e. The summed E-state index contributed by atoms with van der Waals surface area (Å²) in [6.45, 7) is 0. The molecule has 4 rings (SSSR count). The molecule has 0 saturated carbocycles. The molecule has 0 aliphatic rings. The number of imidazole rings is 1. The van der Waals surface area contributed by atoms with Crippen molar-refractivity contribution in [3.05, 3.63) is 72.2 Å². The van der Waals surface area contributed by atoms with E-state index in [4.69, 9.17) is 0 Å².